The van der Waals surface area contributed by atoms with Gasteiger partial charge in [-0.2, -0.15) is 0 Å². The highest BCUT2D eigenvalue weighted by atomic mass is 16.5. The van der Waals surface area contributed by atoms with Crippen LogP contribution in [0.2, 0.25) is 0 Å². The number of aromatic nitrogens is 1. The van der Waals surface area contributed by atoms with E-state index < -0.39 is 0 Å². The van der Waals surface area contributed by atoms with E-state index >= 15 is 0 Å². The van der Waals surface area contributed by atoms with Crippen molar-refractivity contribution in [3.05, 3.63) is 36.0 Å². The van der Waals surface area contributed by atoms with Crippen LogP contribution in [0.3, 0.4) is 0 Å². The Hall–Kier alpha value is -1.65. The molecule has 0 unspecified atom stereocenters. The Morgan fingerprint density at radius 1 is 1.30 bits per heavy atom. The summed E-state index contributed by atoms with van der Waals surface area (Å²) >= 11 is 0. The topological polar surface area (TPSA) is 45.6 Å². The number of nitrogens with zero attached hydrogens (tertiary/aromatic N) is 2. The quantitative estimate of drug-likeness (QED) is 0.879. The fraction of sp³-hybridized carbons (Fsp3) is 0.438. The largest absolute Gasteiger partial charge is 0.390 e. The van der Waals surface area contributed by atoms with Crippen LogP contribution in [-0.2, 0) is 11.3 Å². The molecule has 0 aliphatic heterocycles. The molecule has 2 aromatic rings. The normalized spacial score (nSPS) is 11.2. The van der Waals surface area contributed by atoms with Gasteiger partial charge in [0.15, 0.2) is 0 Å². The van der Waals surface area contributed by atoms with Gasteiger partial charge in [-0.25, -0.2) is 0 Å². The number of ether oxygens (including phenoxy) is 1. The fourth-order valence-corrected chi connectivity index (χ4v) is 2.38. The number of anilines is 1. The Balaban J connectivity index is 2.53. The zero-order valence-electron chi connectivity index (χ0n) is 12.3. The highest BCUT2D eigenvalue weighted by molar-refractivity contribution is 5.92. The Morgan fingerprint density at radius 2 is 2.05 bits per heavy atom. The first-order valence-electron chi connectivity index (χ1n) is 6.92. The Labute approximate surface area is 120 Å². The van der Waals surface area contributed by atoms with Crippen molar-refractivity contribution < 1.29 is 9.84 Å². The number of fused-ring (bicyclic) bond motifs is 1. The summed E-state index contributed by atoms with van der Waals surface area (Å²) in [5.74, 6) is 0. The maximum Gasteiger partial charge on any atom is 0.0854 e. The minimum absolute atomic E-state index is 0.0476. The summed E-state index contributed by atoms with van der Waals surface area (Å²) in [6.07, 6.45) is 0. The summed E-state index contributed by atoms with van der Waals surface area (Å²) < 4.78 is 5.21. The lowest BCUT2D eigenvalue weighted by atomic mass is 10.1. The average Bonchev–Trinajstić information content (AvgIpc) is 2.46. The molecule has 0 radical (unpaired) electrons. The zero-order valence-corrected chi connectivity index (χ0v) is 12.3. The van der Waals surface area contributed by atoms with E-state index in [9.17, 15) is 5.11 Å². The second-order valence-electron chi connectivity index (χ2n) is 5.09. The first kappa shape index (κ1) is 14.8. The Morgan fingerprint density at radius 3 is 2.70 bits per heavy atom. The van der Waals surface area contributed by atoms with Gasteiger partial charge in [-0.3, -0.25) is 4.98 Å². The first-order valence-corrected chi connectivity index (χ1v) is 6.92. The monoisotopic (exact) mass is 274 g/mol. The van der Waals surface area contributed by atoms with Gasteiger partial charge < -0.3 is 14.7 Å². The summed E-state index contributed by atoms with van der Waals surface area (Å²) in [5.41, 5.74) is 2.71. The summed E-state index contributed by atoms with van der Waals surface area (Å²) in [6, 6.07) is 10.4. The van der Waals surface area contributed by atoms with E-state index in [4.69, 9.17) is 4.74 Å². The maximum atomic E-state index is 9.41. The third kappa shape index (κ3) is 3.08. The van der Waals surface area contributed by atoms with Crippen molar-refractivity contribution in [3.8, 4) is 0 Å². The van der Waals surface area contributed by atoms with Crippen LogP contribution < -0.4 is 4.90 Å². The number of para-hydroxylation sites is 1. The third-order valence-corrected chi connectivity index (χ3v) is 3.38. The van der Waals surface area contributed by atoms with Gasteiger partial charge >= 0.3 is 0 Å². The van der Waals surface area contributed by atoms with Crippen LogP contribution in [0.15, 0.2) is 30.3 Å². The molecular formula is C16H22N2O2. The van der Waals surface area contributed by atoms with Crippen molar-refractivity contribution >= 4 is 16.6 Å². The van der Waals surface area contributed by atoms with E-state index in [2.05, 4.69) is 29.8 Å². The number of rotatable bonds is 6. The van der Waals surface area contributed by atoms with E-state index in [0.29, 0.717) is 18.3 Å². The maximum absolute atomic E-state index is 9.41. The summed E-state index contributed by atoms with van der Waals surface area (Å²) in [7, 11) is 1.71. The number of benzene rings is 1. The molecule has 0 fully saturated rings. The van der Waals surface area contributed by atoms with E-state index in [1.54, 1.807) is 7.11 Å². The molecule has 1 aromatic carbocycles. The van der Waals surface area contributed by atoms with Gasteiger partial charge in [0.25, 0.3) is 0 Å². The van der Waals surface area contributed by atoms with Gasteiger partial charge in [-0.15, -0.1) is 0 Å². The lowest BCUT2D eigenvalue weighted by Gasteiger charge is -2.30. The second kappa shape index (κ2) is 6.68. The number of aliphatic hydroxyl groups is 1. The van der Waals surface area contributed by atoms with Gasteiger partial charge in [0, 0.05) is 30.8 Å². The molecule has 108 valence electrons. The highest BCUT2D eigenvalue weighted by Crippen LogP contribution is 2.28. The number of hydrogen-bond acceptors (Lipinski definition) is 4. The molecule has 1 N–H and O–H groups in total. The standard InChI is InChI=1S/C16H22N2O2/c1-12(2)18(8-9-20-3)16-10-13(11-19)17-15-7-5-4-6-14(15)16/h4-7,10,12,19H,8-9,11H2,1-3H3. The van der Waals surface area contributed by atoms with Gasteiger partial charge in [0.1, 0.15) is 0 Å². The molecule has 1 aromatic heterocycles. The number of hydrogen-bond donors (Lipinski definition) is 1. The molecule has 0 saturated carbocycles. The lowest BCUT2D eigenvalue weighted by Crippen LogP contribution is -2.34. The third-order valence-electron chi connectivity index (χ3n) is 3.38. The number of aliphatic hydroxyl groups excluding tert-OH is 1. The molecule has 0 amide bonds. The number of pyridine rings is 1. The molecule has 0 bridgehead atoms. The smallest absolute Gasteiger partial charge is 0.0854 e. The van der Waals surface area contributed by atoms with Crippen molar-refractivity contribution in [2.75, 3.05) is 25.2 Å². The van der Waals surface area contributed by atoms with E-state index in [0.717, 1.165) is 23.1 Å². The van der Waals surface area contributed by atoms with Crippen LogP contribution in [0.5, 0.6) is 0 Å². The van der Waals surface area contributed by atoms with Gasteiger partial charge in [0.2, 0.25) is 0 Å². The SMILES string of the molecule is COCCN(c1cc(CO)nc2ccccc12)C(C)C. The van der Waals surface area contributed by atoms with Crippen molar-refractivity contribution in [2.45, 2.75) is 26.5 Å². The molecule has 0 spiro atoms. The molecule has 0 aliphatic rings. The molecule has 1 heterocycles. The van der Waals surface area contributed by atoms with Gasteiger partial charge in [-0.1, -0.05) is 18.2 Å². The molecular weight excluding hydrogens is 252 g/mol. The summed E-state index contributed by atoms with van der Waals surface area (Å²) in [6.45, 7) is 5.75. The molecule has 2 rings (SSSR count). The van der Waals surface area contributed by atoms with Gasteiger partial charge in [0.05, 0.1) is 24.4 Å². The minimum atomic E-state index is -0.0476. The summed E-state index contributed by atoms with van der Waals surface area (Å²) in [4.78, 5) is 6.75. The van der Waals surface area contributed by atoms with Crippen LogP contribution in [-0.4, -0.2) is 36.4 Å². The molecule has 0 saturated heterocycles. The molecule has 4 nitrogen and oxygen atoms in total. The molecule has 0 aliphatic carbocycles. The average molecular weight is 274 g/mol. The van der Waals surface area contributed by atoms with E-state index in [-0.39, 0.29) is 6.61 Å². The van der Waals surface area contributed by atoms with Crippen LogP contribution in [0.25, 0.3) is 10.9 Å². The Kier molecular flexibility index (Phi) is 4.93. The van der Waals surface area contributed by atoms with Crippen molar-refractivity contribution in [1.29, 1.82) is 0 Å². The minimum Gasteiger partial charge on any atom is -0.390 e. The molecule has 20 heavy (non-hydrogen) atoms. The lowest BCUT2D eigenvalue weighted by molar-refractivity contribution is 0.204. The second-order valence-corrected chi connectivity index (χ2v) is 5.09. The zero-order chi connectivity index (χ0) is 14.5. The fourth-order valence-electron chi connectivity index (χ4n) is 2.38. The van der Waals surface area contributed by atoms with Crippen molar-refractivity contribution in [2.24, 2.45) is 0 Å². The predicted molar refractivity (Wildman–Crippen MR) is 82.0 cm³/mol. The Bertz CT molecular complexity index is 569. The van der Waals surface area contributed by atoms with Crippen LogP contribution in [0, 0.1) is 0 Å². The van der Waals surface area contributed by atoms with Gasteiger partial charge in [-0.05, 0) is 26.0 Å². The van der Waals surface area contributed by atoms with Crippen molar-refractivity contribution in [1.82, 2.24) is 4.98 Å². The highest BCUT2D eigenvalue weighted by Gasteiger charge is 2.15. The van der Waals surface area contributed by atoms with Crippen LogP contribution >= 0.6 is 0 Å². The van der Waals surface area contributed by atoms with E-state index in [1.807, 2.05) is 24.3 Å². The number of methoxy groups -OCH3 is 1. The summed E-state index contributed by atoms with van der Waals surface area (Å²) in [5, 5.41) is 10.5. The predicted octanol–water partition coefficient (Wildman–Crippen LogP) is 2.59. The molecule has 4 heteroatoms. The van der Waals surface area contributed by atoms with E-state index in [1.165, 1.54) is 0 Å². The first-order chi connectivity index (χ1) is 9.67. The molecule has 0 atom stereocenters. The van der Waals surface area contributed by atoms with Crippen molar-refractivity contribution in [3.63, 3.8) is 0 Å². The van der Waals surface area contributed by atoms with Crippen LogP contribution in [0.4, 0.5) is 5.69 Å². The van der Waals surface area contributed by atoms with Crippen LogP contribution in [0.1, 0.15) is 19.5 Å².